The maximum absolute atomic E-state index is 11.1. The van der Waals surface area contributed by atoms with E-state index in [2.05, 4.69) is 6.58 Å². The van der Waals surface area contributed by atoms with Crippen molar-refractivity contribution in [1.29, 1.82) is 0 Å². The highest BCUT2D eigenvalue weighted by Gasteiger charge is 2.11. The second kappa shape index (κ2) is 9.08. The van der Waals surface area contributed by atoms with Crippen molar-refractivity contribution in [1.82, 2.24) is 4.90 Å². The van der Waals surface area contributed by atoms with Crippen molar-refractivity contribution < 1.29 is 19.7 Å². The molecule has 2 unspecified atom stereocenters. The lowest BCUT2D eigenvalue weighted by Crippen LogP contribution is -2.37. The van der Waals surface area contributed by atoms with E-state index in [0.717, 1.165) is 0 Å². The number of nitrogens with zero attached hydrogens (tertiary/aromatic N) is 1. The van der Waals surface area contributed by atoms with Crippen LogP contribution in [0, 0.1) is 0 Å². The molecule has 2 atom stereocenters. The number of carbonyl (C=O) groups excluding carboxylic acids is 1. The number of esters is 1. The lowest BCUT2D eigenvalue weighted by Gasteiger charge is -2.24. The summed E-state index contributed by atoms with van der Waals surface area (Å²) < 4.78 is 4.97. The molecule has 0 heterocycles. The van der Waals surface area contributed by atoms with Crippen molar-refractivity contribution in [2.75, 3.05) is 26.2 Å². The second-order valence-corrected chi connectivity index (χ2v) is 4.73. The quantitative estimate of drug-likeness (QED) is 0.360. The normalized spacial score (nSPS) is 14.3. The van der Waals surface area contributed by atoms with Crippen molar-refractivity contribution in [2.45, 2.75) is 39.4 Å². The molecule has 0 fully saturated rings. The first-order valence-corrected chi connectivity index (χ1v) is 6.24. The van der Waals surface area contributed by atoms with E-state index in [9.17, 15) is 15.0 Å². The van der Waals surface area contributed by atoms with Crippen molar-refractivity contribution >= 4 is 5.97 Å². The number of carbonyl (C=O) groups is 1. The van der Waals surface area contributed by atoms with E-state index in [1.807, 2.05) is 4.90 Å². The van der Waals surface area contributed by atoms with Crippen molar-refractivity contribution in [3.05, 3.63) is 12.2 Å². The van der Waals surface area contributed by atoms with Gasteiger partial charge in [0.1, 0.15) is 0 Å². The minimum absolute atomic E-state index is 0.321. The van der Waals surface area contributed by atoms with Gasteiger partial charge in [0.05, 0.1) is 18.8 Å². The van der Waals surface area contributed by atoms with Gasteiger partial charge in [-0.2, -0.15) is 0 Å². The molecule has 0 aliphatic carbocycles. The van der Waals surface area contributed by atoms with Gasteiger partial charge in [-0.25, -0.2) is 4.79 Å². The first-order valence-electron chi connectivity index (χ1n) is 6.24. The molecule has 5 nitrogen and oxygen atoms in total. The molecule has 0 aromatic heterocycles. The van der Waals surface area contributed by atoms with Crippen LogP contribution in [0.4, 0.5) is 0 Å². The zero-order valence-electron chi connectivity index (χ0n) is 11.6. The summed E-state index contributed by atoms with van der Waals surface area (Å²) in [4.78, 5) is 13.1. The van der Waals surface area contributed by atoms with Gasteiger partial charge < -0.3 is 14.9 Å². The van der Waals surface area contributed by atoms with Crippen LogP contribution in [-0.4, -0.2) is 59.5 Å². The third-order valence-corrected chi connectivity index (χ3v) is 2.25. The lowest BCUT2D eigenvalue weighted by atomic mass is 10.3. The summed E-state index contributed by atoms with van der Waals surface area (Å²) in [6.07, 6.45) is -0.221. The van der Waals surface area contributed by atoms with Gasteiger partial charge in [0.2, 0.25) is 0 Å². The summed E-state index contributed by atoms with van der Waals surface area (Å²) in [6.45, 7) is 10.5. The maximum atomic E-state index is 11.1. The Hall–Kier alpha value is -0.910. The molecule has 2 N–H and O–H groups in total. The molecule has 0 bridgehead atoms. The Balaban J connectivity index is 3.88. The van der Waals surface area contributed by atoms with Crippen molar-refractivity contribution in [2.24, 2.45) is 0 Å². The molecule has 0 aromatic rings. The van der Waals surface area contributed by atoms with Gasteiger partial charge in [-0.1, -0.05) is 6.58 Å². The summed E-state index contributed by atoms with van der Waals surface area (Å²) >= 11 is 0. The average molecular weight is 259 g/mol. The molecular formula is C13H25NO4. The minimum atomic E-state index is -0.443. The number of aliphatic hydroxyl groups excluding tert-OH is 2. The Bertz CT molecular complexity index is 254. The number of hydrogen-bond acceptors (Lipinski definition) is 5. The summed E-state index contributed by atoms with van der Waals surface area (Å²) in [5.74, 6) is -0.382. The standard InChI is InChI=1S/C13H25NO4/c1-10(2)13(17)18-7-5-6-14(8-11(3)15)9-12(4)16/h11-12,15-16H,1,5-9H2,2-4H3. The van der Waals surface area contributed by atoms with Crippen LogP contribution >= 0.6 is 0 Å². The largest absolute Gasteiger partial charge is 0.462 e. The first kappa shape index (κ1) is 17.1. The molecule has 0 aliphatic heterocycles. The predicted octanol–water partition coefficient (Wildman–Crippen LogP) is 0.559. The Morgan fingerprint density at radius 1 is 1.28 bits per heavy atom. The van der Waals surface area contributed by atoms with Crippen LogP contribution in [0.1, 0.15) is 27.2 Å². The molecule has 5 heteroatoms. The summed E-state index contributed by atoms with van der Waals surface area (Å²) in [7, 11) is 0. The molecule has 0 saturated heterocycles. The lowest BCUT2D eigenvalue weighted by molar-refractivity contribution is -0.139. The average Bonchev–Trinajstić information content (AvgIpc) is 2.21. The van der Waals surface area contributed by atoms with Gasteiger partial charge in [0, 0.05) is 25.2 Å². The van der Waals surface area contributed by atoms with Crippen molar-refractivity contribution in [3.8, 4) is 0 Å². The van der Waals surface area contributed by atoms with Crippen LogP contribution in [0.5, 0.6) is 0 Å². The van der Waals surface area contributed by atoms with Gasteiger partial charge in [-0.05, 0) is 27.2 Å². The van der Waals surface area contributed by atoms with E-state index in [0.29, 0.717) is 38.2 Å². The molecule has 18 heavy (non-hydrogen) atoms. The Kier molecular flexibility index (Phi) is 8.62. The van der Waals surface area contributed by atoms with Gasteiger partial charge >= 0.3 is 5.97 Å². The highest BCUT2D eigenvalue weighted by Crippen LogP contribution is 1.99. The number of rotatable bonds is 9. The molecule has 106 valence electrons. The second-order valence-electron chi connectivity index (χ2n) is 4.73. The van der Waals surface area contributed by atoms with Crippen LogP contribution in [-0.2, 0) is 9.53 Å². The number of aliphatic hydroxyl groups is 2. The number of hydrogen-bond donors (Lipinski definition) is 2. The molecule has 0 radical (unpaired) electrons. The highest BCUT2D eigenvalue weighted by atomic mass is 16.5. The van der Waals surface area contributed by atoms with E-state index in [4.69, 9.17) is 4.74 Å². The van der Waals surface area contributed by atoms with Crippen LogP contribution in [0.25, 0.3) is 0 Å². The zero-order chi connectivity index (χ0) is 14.1. The summed E-state index contributed by atoms with van der Waals surface area (Å²) in [6, 6.07) is 0. The number of ether oxygens (including phenoxy) is 1. The van der Waals surface area contributed by atoms with Crippen LogP contribution < -0.4 is 0 Å². The third kappa shape index (κ3) is 9.15. The Labute approximate surface area is 109 Å². The third-order valence-electron chi connectivity index (χ3n) is 2.25. The molecule has 0 aromatic carbocycles. The SMILES string of the molecule is C=C(C)C(=O)OCCCN(CC(C)O)CC(C)O. The van der Waals surface area contributed by atoms with Crippen molar-refractivity contribution in [3.63, 3.8) is 0 Å². The molecule has 0 aliphatic rings. The fourth-order valence-electron chi connectivity index (χ4n) is 1.58. The highest BCUT2D eigenvalue weighted by molar-refractivity contribution is 5.86. The van der Waals surface area contributed by atoms with Gasteiger partial charge in [0.15, 0.2) is 0 Å². The maximum Gasteiger partial charge on any atom is 0.333 e. The van der Waals surface area contributed by atoms with Crippen LogP contribution in [0.3, 0.4) is 0 Å². The fourth-order valence-corrected chi connectivity index (χ4v) is 1.58. The fraction of sp³-hybridized carbons (Fsp3) is 0.769. The van der Waals surface area contributed by atoms with Gasteiger partial charge in [-0.3, -0.25) is 4.90 Å². The predicted molar refractivity (Wildman–Crippen MR) is 70.2 cm³/mol. The molecule has 0 amide bonds. The summed E-state index contributed by atoms with van der Waals surface area (Å²) in [5.41, 5.74) is 0.389. The van der Waals surface area contributed by atoms with Gasteiger partial charge in [-0.15, -0.1) is 0 Å². The minimum Gasteiger partial charge on any atom is -0.462 e. The molecular weight excluding hydrogens is 234 g/mol. The van der Waals surface area contributed by atoms with E-state index in [1.165, 1.54) is 0 Å². The topological polar surface area (TPSA) is 70.0 Å². The molecule has 0 rings (SSSR count). The van der Waals surface area contributed by atoms with E-state index in [-0.39, 0.29) is 5.97 Å². The zero-order valence-corrected chi connectivity index (χ0v) is 11.6. The summed E-state index contributed by atoms with van der Waals surface area (Å²) in [5, 5.41) is 18.7. The van der Waals surface area contributed by atoms with Gasteiger partial charge in [0.25, 0.3) is 0 Å². The van der Waals surface area contributed by atoms with Crippen LogP contribution in [0.15, 0.2) is 12.2 Å². The van der Waals surface area contributed by atoms with E-state index in [1.54, 1.807) is 20.8 Å². The Morgan fingerprint density at radius 2 is 1.78 bits per heavy atom. The first-order chi connectivity index (χ1) is 8.32. The molecule has 0 spiro atoms. The smallest absolute Gasteiger partial charge is 0.333 e. The Morgan fingerprint density at radius 3 is 2.17 bits per heavy atom. The molecule has 0 saturated carbocycles. The monoisotopic (exact) mass is 259 g/mol. The van der Waals surface area contributed by atoms with E-state index < -0.39 is 12.2 Å². The van der Waals surface area contributed by atoms with E-state index >= 15 is 0 Å². The van der Waals surface area contributed by atoms with Crippen LogP contribution in [0.2, 0.25) is 0 Å².